The molecule has 0 aliphatic rings. The van der Waals surface area contributed by atoms with E-state index in [1.807, 2.05) is 36.4 Å². The monoisotopic (exact) mass is 348 g/mol. The van der Waals surface area contributed by atoms with Gasteiger partial charge < -0.3 is 14.2 Å². The van der Waals surface area contributed by atoms with Gasteiger partial charge >= 0.3 is 0 Å². The van der Waals surface area contributed by atoms with Crippen LogP contribution in [0.4, 0.5) is 0 Å². The van der Waals surface area contributed by atoms with Gasteiger partial charge in [-0.1, -0.05) is 54.6 Å². The van der Waals surface area contributed by atoms with E-state index < -0.39 is 0 Å². The maximum absolute atomic E-state index is 5.79. The molecule has 3 aromatic carbocycles. The molecule has 0 unspecified atom stereocenters. The fraction of sp³-hybridized carbons (Fsp3) is 0.217. The van der Waals surface area contributed by atoms with Crippen LogP contribution in [0.25, 0.3) is 0 Å². The first kappa shape index (κ1) is 17.9. The summed E-state index contributed by atoms with van der Waals surface area (Å²) in [5.41, 5.74) is 4.57. The fourth-order valence-electron chi connectivity index (χ4n) is 3.29. The summed E-state index contributed by atoms with van der Waals surface area (Å²) < 4.78 is 16.8. The van der Waals surface area contributed by atoms with Crippen LogP contribution in [0, 0.1) is 0 Å². The van der Waals surface area contributed by atoms with Gasteiger partial charge in [-0.25, -0.2) is 0 Å². The SMILES string of the molecule is COc1ccccc1Cc1cccc(Cc2ccccc2OC)c1OC. The highest BCUT2D eigenvalue weighted by atomic mass is 16.5. The quantitative estimate of drug-likeness (QED) is 0.608. The predicted octanol–water partition coefficient (Wildman–Crippen LogP) is 4.89. The Morgan fingerprint density at radius 1 is 0.500 bits per heavy atom. The second-order valence-electron chi connectivity index (χ2n) is 6.09. The predicted molar refractivity (Wildman–Crippen MR) is 105 cm³/mol. The van der Waals surface area contributed by atoms with Crippen LogP contribution in [-0.2, 0) is 12.8 Å². The van der Waals surface area contributed by atoms with Crippen molar-refractivity contribution >= 4 is 0 Å². The van der Waals surface area contributed by atoms with Crippen molar-refractivity contribution in [2.24, 2.45) is 0 Å². The summed E-state index contributed by atoms with van der Waals surface area (Å²) in [6.45, 7) is 0. The first-order valence-electron chi connectivity index (χ1n) is 8.65. The molecule has 0 fully saturated rings. The molecular weight excluding hydrogens is 324 g/mol. The first-order chi connectivity index (χ1) is 12.8. The lowest BCUT2D eigenvalue weighted by Crippen LogP contribution is -2.01. The molecule has 0 aliphatic carbocycles. The normalized spacial score (nSPS) is 10.4. The number of hydrogen-bond donors (Lipinski definition) is 0. The molecule has 0 heterocycles. The van der Waals surface area contributed by atoms with Crippen molar-refractivity contribution in [2.75, 3.05) is 21.3 Å². The topological polar surface area (TPSA) is 27.7 Å². The Balaban J connectivity index is 1.95. The van der Waals surface area contributed by atoms with Gasteiger partial charge in [0.25, 0.3) is 0 Å². The van der Waals surface area contributed by atoms with Crippen LogP contribution in [-0.4, -0.2) is 21.3 Å². The van der Waals surface area contributed by atoms with Crippen LogP contribution in [0.3, 0.4) is 0 Å². The fourth-order valence-corrected chi connectivity index (χ4v) is 3.29. The summed E-state index contributed by atoms with van der Waals surface area (Å²) >= 11 is 0. The standard InChI is InChI=1S/C23H24O3/c1-24-21-13-6-4-9-17(21)15-19-11-8-12-20(23(19)26-3)16-18-10-5-7-14-22(18)25-2/h4-14H,15-16H2,1-3H3. The molecule has 3 aromatic rings. The van der Waals surface area contributed by atoms with E-state index in [1.165, 1.54) is 0 Å². The third kappa shape index (κ3) is 3.83. The van der Waals surface area contributed by atoms with Gasteiger partial charge in [-0.15, -0.1) is 0 Å². The zero-order valence-electron chi connectivity index (χ0n) is 15.5. The highest BCUT2D eigenvalue weighted by molar-refractivity contribution is 5.49. The highest BCUT2D eigenvalue weighted by Crippen LogP contribution is 2.32. The summed E-state index contributed by atoms with van der Waals surface area (Å²) in [5, 5.41) is 0. The van der Waals surface area contributed by atoms with Gasteiger partial charge in [0.1, 0.15) is 17.2 Å². The zero-order chi connectivity index (χ0) is 18.4. The molecule has 3 nitrogen and oxygen atoms in total. The molecule has 0 aliphatic heterocycles. The molecule has 0 atom stereocenters. The summed E-state index contributed by atoms with van der Waals surface area (Å²) in [5.74, 6) is 2.71. The Hall–Kier alpha value is -2.94. The third-order valence-electron chi connectivity index (χ3n) is 4.53. The molecule has 3 rings (SSSR count). The van der Waals surface area contributed by atoms with E-state index in [0.717, 1.165) is 52.3 Å². The van der Waals surface area contributed by atoms with Crippen molar-refractivity contribution in [3.63, 3.8) is 0 Å². The molecular formula is C23H24O3. The largest absolute Gasteiger partial charge is 0.496 e. The maximum atomic E-state index is 5.79. The third-order valence-corrected chi connectivity index (χ3v) is 4.53. The number of ether oxygens (including phenoxy) is 3. The molecule has 0 N–H and O–H groups in total. The summed E-state index contributed by atoms with van der Waals surface area (Å²) in [6, 6.07) is 22.5. The Kier molecular flexibility index (Phi) is 5.80. The van der Waals surface area contributed by atoms with Crippen molar-refractivity contribution in [1.29, 1.82) is 0 Å². The van der Waals surface area contributed by atoms with E-state index >= 15 is 0 Å². The first-order valence-corrected chi connectivity index (χ1v) is 8.65. The zero-order valence-corrected chi connectivity index (χ0v) is 15.5. The summed E-state index contributed by atoms with van der Waals surface area (Å²) in [7, 11) is 5.13. The van der Waals surface area contributed by atoms with Gasteiger partial charge in [-0.05, 0) is 34.4 Å². The van der Waals surface area contributed by atoms with E-state index in [2.05, 4.69) is 30.3 Å². The average molecular weight is 348 g/mol. The van der Waals surface area contributed by atoms with Crippen LogP contribution < -0.4 is 14.2 Å². The molecule has 26 heavy (non-hydrogen) atoms. The van der Waals surface area contributed by atoms with E-state index in [9.17, 15) is 0 Å². The Bertz CT molecular complexity index is 803. The molecule has 0 bridgehead atoms. The lowest BCUT2D eigenvalue weighted by atomic mass is 9.97. The van der Waals surface area contributed by atoms with Crippen molar-refractivity contribution in [3.8, 4) is 17.2 Å². The van der Waals surface area contributed by atoms with Crippen molar-refractivity contribution in [2.45, 2.75) is 12.8 Å². The number of methoxy groups -OCH3 is 3. The van der Waals surface area contributed by atoms with Gasteiger partial charge in [0.15, 0.2) is 0 Å². The second-order valence-corrected chi connectivity index (χ2v) is 6.09. The Labute approximate surface area is 155 Å². The van der Waals surface area contributed by atoms with Gasteiger partial charge in [-0.2, -0.15) is 0 Å². The average Bonchev–Trinajstić information content (AvgIpc) is 2.69. The Morgan fingerprint density at radius 2 is 0.923 bits per heavy atom. The molecule has 134 valence electrons. The second kappa shape index (κ2) is 8.43. The van der Waals surface area contributed by atoms with Crippen LogP contribution in [0.15, 0.2) is 66.7 Å². The van der Waals surface area contributed by atoms with Crippen molar-refractivity contribution in [1.82, 2.24) is 0 Å². The molecule has 0 saturated heterocycles. The smallest absolute Gasteiger partial charge is 0.125 e. The van der Waals surface area contributed by atoms with Gasteiger partial charge in [0.05, 0.1) is 21.3 Å². The molecule has 0 radical (unpaired) electrons. The van der Waals surface area contributed by atoms with E-state index in [0.29, 0.717) is 0 Å². The van der Waals surface area contributed by atoms with E-state index in [-0.39, 0.29) is 0 Å². The highest BCUT2D eigenvalue weighted by Gasteiger charge is 2.13. The van der Waals surface area contributed by atoms with E-state index in [1.54, 1.807) is 21.3 Å². The lowest BCUT2D eigenvalue weighted by molar-refractivity contribution is 0.401. The van der Waals surface area contributed by atoms with Crippen molar-refractivity contribution < 1.29 is 14.2 Å². The van der Waals surface area contributed by atoms with E-state index in [4.69, 9.17) is 14.2 Å². The Morgan fingerprint density at radius 3 is 1.35 bits per heavy atom. The maximum Gasteiger partial charge on any atom is 0.125 e. The van der Waals surface area contributed by atoms with Crippen LogP contribution in [0.2, 0.25) is 0 Å². The van der Waals surface area contributed by atoms with Crippen LogP contribution in [0.1, 0.15) is 22.3 Å². The minimum Gasteiger partial charge on any atom is -0.496 e. The molecule has 0 aromatic heterocycles. The number of benzene rings is 3. The molecule has 0 amide bonds. The van der Waals surface area contributed by atoms with Crippen molar-refractivity contribution in [3.05, 3.63) is 89.0 Å². The van der Waals surface area contributed by atoms with Gasteiger partial charge in [-0.3, -0.25) is 0 Å². The minimum absolute atomic E-state index is 0.757. The number of rotatable bonds is 7. The number of para-hydroxylation sites is 3. The molecule has 0 saturated carbocycles. The lowest BCUT2D eigenvalue weighted by Gasteiger charge is -2.16. The van der Waals surface area contributed by atoms with Crippen LogP contribution >= 0.6 is 0 Å². The molecule has 3 heteroatoms. The van der Waals surface area contributed by atoms with Gasteiger partial charge in [0.2, 0.25) is 0 Å². The number of hydrogen-bond acceptors (Lipinski definition) is 3. The summed E-state index contributed by atoms with van der Waals surface area (Å²) in [6.07, 6.45) is 1.51. The van der Waals surface area contributed by atoms with Crippen LogP contribution in [0.5, 0.6) is 17.2 Å². The summed E-state index contributed by atoms with van der Waals surface area (Å²) in [4.78, 5) is 0. The van der Waals surface area contributed by atoms with Gasteiger partial charge in [0, 0.05) is 12.8 Å². The minimum atomic E-state index is 0.757. The molecule has 0 spiro atoms.